The third kappa shape index (κ3) is 72.2. The first kappa shape index (κ1) is 95.1. The van der Waals surface area contributed by atoms with Crippen LogP contribution in [0.1, 0.15) is 413 Å². The fourth-order valence-corrected chi connectivity index (χ4v) is 13.6. The van der Waals surface area contributed by atoms with Crippen LogP contribution in [0.25, 0.3) is 0 Å². The molecule has 576 valence electrons. The van der Waals surface area contributed by atoms with E-state index in [1.165, 1.54) is 238 Å². The first-order valence-corrected chi connectivity index (χ1v) is 43.6. The van der Waals surface area contributed by atoms with E-state index in [0.717, 1.165) is 95.8 Å². The number of esters is 4. The van der Waals surface area contributed by atoms with E-state index in [2.05, 4.69) is 34.6 Å². The maximum absolute atomic E-state index is 13.1. The van der Waals surface area contributed by atoms with Crippen molar-refractivity contribution in [3.05, 3.63) is 0 Å². The molecule has 0 spiro atoms. The second-order valence-corrected chi connectivity index (χ2v) is 31.5. The minimum atomic E-state index is -4.96. The van der Waals surface area contributed by atoms with E-state index in [1.54, 1.807) is 0 Å². The molecule has 0 fully saturated rings. The van der Waals surface area contributed by atoms with Gasteiger partial charge < -0.3 is 33.8 Å². The maximum Gasteiger partial charge on any atom is 0.472 e. The minimum absolute atomic E-state index is 0.107. The predicted octanol–water partition coefficient (Wildman–Crippen LogP) is 23.3. The molecule has 0 amide bonds. The molecule has 0 aromatic rings. The summed E-state index contributed by atoms with van der Waals surface area (Å²) >= 11 is 0. The Morgan fingerprint density at radius 2 is 0.474 bits per heavy atom. The first-order chi connectivity index (χ1) is 47.0. The Hall–Kier alpha value is -1.94. The van der Waals surface area contributed by atoms with E-state index < -0.39 is 97.5 Å². The third-order valence-electron chi connectivity index (χ3n) is 18.3. The van der Waals surface area contributed by atoms with Crippen LogP contribution >= 0.6 is 15.6 Å². The number of aliphatic hydroxyl groups is 1. The highest BCUT2D eigenvalue weighted by molar-refractivity contribution is 7.47. The smallest absolute Gasteiger partial charge is 0.462 e. The van der Waals surface area contributed by atoms with Gasteiger partial charge in [-0.1, -0.05) is 362 Å². The van der Waals surface area contributed by atoms with Crippen molar-refractivity contribution in [2.75, 3.05) is 39.6 Å². The Kier molecular flexibility index (Phi) is 69.6. The number of carbonyl (C=O) groups is 4. The number of hydrogen-bond donors (Lipinski definition) is 3. The zero-order valence-electron chi connectivity index (χ0n) is 63.2. The molecule has 97 heavy (non-hydrogen) atoms. The van der Waals surface area contributed by atoms with Gasteiger partial charge in [0.15, 0.2) is 12.2 Å². The lowest BCUT2D eigenvalue weighted by Gasteiger charge is -2.21. The molecular weight excluding hydrogens is 1270 g/mol. The van der Waals surface area contributed by atoms with Crippen LogP contribution in [0, 0.1) is 5.92 Å². The Balaban J connectivity index is 5.21. The molecule has 0 aromatic carbocycles. The zero-order valence-corrected chi connectivity index (χ0v) is 65.0. The van der Waals surface area contributed by atoms with Crippen LogP contribution in [-0.2, 0) is 65.4 Å². The number of phosphoric acid groups is 2. The molecule has 0 aliphatic rings. The van der Waals surface area contributed by atoms with Crippen molar-refractivity contribution in [2.24, 2.45) is 5.92 Å². The van der Waals surface area contributed by atoms with Crippen molar-refractivity contribution in [3.63, 3.8) is 0 Å². The monoisotopic (exact) mass is 1420 g/mol. The van der Waals surface area contributed by atoms with Crippen LogP contribution in [0.2, 0.25) is 0 Å². The van der Waals surface area contributed by atoms with Crippen molar-refractivity contribution in [1.29, 1.82) is 0 Å². The van der Waals surface area contributed by atoms with Crippen LogP contribution in [0.15, 0.2) is 0 Å². The quantitative estimate of drug-likeness (QED) is 0.0222. The van der Waals surface area contributed by atoms with E-state index in [1.807, 2.05) is 0 Å². The van der Waals surface area contributed by atoms with Crippen LogP contribution in [0.4, 0.5) is 0 Å². The fourth-order valence-electron chi connectivity index (χ4n) is 12.1. The third-order valence-corrected chi connectivity index (χ3v) is 20.2. The van der Waals surface area contributed by atoms with Gasteiger partial charge in [0.25, 0.3) is 0 Å². The summed E-state index contributed by atoms with van der Waals surface area (Å²) in [6, 6.07) is 0. The summed E-state index contributed by atoms with van der Waals surface area (Å²) in [4.78, 5) is 72.8. The second-order valence-electron chi connectivity index (χ2n) is 28.6. The van der Waals surface area contributed by atoms with E-state index in [0.29, 0.717) is 25.7 Å². The normalized spacial score (nSPS) is 13.9. The van der Waals surface area contributed by atoms with Crippen molar-refractivity contribution < 1.29 is 80.2 Å². The van der Waals surface area contributed by atoms with Gasteiger partial charge in [-0.3, -0.25) is 37.3 Å². The average molecular weight is 1420 g/mol. The number of hydrogen-bond acceptors (Lipinski definition) is 15. The summed E-state index contributed by atoms with van der Waals surface area (Å²) in [5, 5.41) is 10.6. The molecule has 0 aliphatic carbocycles. The van der Waals surface area contributed by atoms with Crippen LogP contribution in [0.5, 0.6) is 0 Å². The molecule has 2 unspecified atom stereocenters. The van der Waals surface area contributed by atoms with E-state index in [4.69, 9.17) is 37.0 Å². The molecule has 19 heteroatoms. The Labute approximate surface area is 594 Å². The lowest BCUT2D eigenvalue weighted by Crippen LogP contribution is -2.30. The highest BCUT2D eigenvalue weighted by Crippen LogP contribution is 2.45. The number of carbonyl (C=O) groups excluding carboxylic acids is 4. The molecule has 0 saturated carbocycles. The first-order valence-electron chi connectivity index (χ1n) is 40.6. The molecule has 0 bridgehead atoms. The van der Waals surface area contributed by atoms with Crippen LogP contribution in [0.3, 0.4) is 0 Å². The average Bonchev–Trinajstić information content (AvgIpc) is 1.25. The number of unbranched alkanes of at least 4 members (excludes halogenated alkanes) is 50. The molecule has 0 heterocycles. The predicted molar refractivity (Wildman–Crippen MR) is 395 cm³/mol. The molecule has 17 nitrogen and oxygen atoms in total. The summed E-state index contributed by atoms with van der Waals surface area (Å²) in [5.74, 6) is -1.31. The van der Waals surface area contributed by atoms with Gasteiger partial charge >= 0.3 is 39.5 Å². The lowest BCUT2D eigenvalue weighted by atomic mass is 10.0. The molecule has 0 aliphatic heterocycles. The Morgan fingerprint density at radius 3 is 0.701 bits per heavy atom. The number of aliphatic hydroxyl groups excluding tert-OH is 1. The van der Waals surface area contributed by atoms with Gasteiger partial charge in [-0.15, -0.1) is 0 Å². The van der Waals surface area contributed by atoms with Crippen molar-refractivity contribution in [3.8, 4) is 0 Å². The SMILES string of the molecule is CCCCCCCCCCCCCCCCCCCCCC(=O)O[C@H](COC(=O)CCCCCCCCCCCCCCCCC(C)C)COP(=O)(O)OC[C@@H](O)COP(=O)(O)OC[C@@H](COC(=O)CCCCCCCCCCCC)OC(=O)CCCCCCCCCCCCC. The van der Waals surface area contributed by atoms with Gasteiger partial charge in [-0.2, -0.15) is 0 Å². The topological polar surface area (TPSA) is 237 Å². The fraction of sp³-hybridized carbons (Fsp3) is 0.949. The van der Waals surface area contributed by atoms with Crippen molar-refractivity contribution in [1.82, 2.24) is 0 Å². The molecule has 0 saturated heterocycles. The van der Waals surface area contributed by atoms with Crippen molar-refractivity contribution >= 4 is 39.5 Å². The molecular formula is C78H152O17P2. The molecule has 0 aromatic heterocycles. The highest BCUT2D eigenvalue weighted by atomic mass is 31.2. The Morgan fingerprint density at radius 1 is 0.278 bits per heavy atom. The molecule has 0 radical (unpaired) electrons. The molecule has 3 N–H and O–H groups in total. The molecule has 0 rings (SSSR count). The van der Waals surface area contributed by atoms with Gasteiger partial charge in [-0.05, 0) is 31.6 Å². The highest BCUT2D eigenvalue weighted by Gasteiger charge is 2.30. The second kappa shape index (κ2) is 71.1. The Bertz CT molecular complexity index is 1860. The van der Waals surface area contributed by atoms with E-state index in [9.17, 15) is 43.2 Å². The summed E-state index contributed by atoms with van der Waals surface area (Å²) in [7, 11) is -9.91. The van der Waals surface area contributed by atoms with E-state index in [-0.39, 0.29) is 25.7 Å². The maximum atomic E-state index is 13.1. The number of ether oxygens (including phenoxy) is 4. The summed E-state index contributed by atoms with van der Waals surface area (Å²) in [6.07, 6.45) is 61.0. The molecule has 5 atom stereocenters. The van der Waals surface area contributed by atoms with Gasteiger partial charge in [0, 0.05) is 25.7 Å². The van der Waals surface area contributed by atoms with Gasteiger partial charge in [-0.25, -0.2) is 9.13 Å². The largest absolute Gasteiger partial charge is 0.472 e. The zero-order chi connectivity index (χ0) is 71.2. The van der Waals surface area contributed by atoms with E-state index >= 15 is 0 Å². The van der Waals surface area contributed by atoms with Gasteiger partial charge in [0.1, 0.15) is 19.3 Å². The lowest BCUT2D eigenvalue weighted by molar-refractivity contribution is -0.161. The standard InChI is InChI=1S/C78H152O17P2/c1-6-9-12-15-18-21-24-25-26-27-28-29-30-35-39-44-49-54-59-64-78(83)95-74(68-89-76(81)62-57-52-47-42-38-34-32-31-33-37-40-45-50-55-60-71(4)5)70-93-97(86,87)91-66-72(79)65-90-96(84,85)92-69-73(67-88-75(80)61-56-51-46-41-23-20-17-14-11-8-3)94-77(82)63-58-53-48-43-36-22-19-16-13-10-7-2/h71-74,79H,6-70H2,1-5H3,(H,84,85)(H,86,87)/t72-,73+,74+/m0/s1. The van der Waals surface area contributed by atoms with Gasteiger partial charge in [0.2, 0.25) is 0 Å². The van der Waals surface area contributed by atoms with Gasteiger partial charge in [0.05, 0.1) is 26.4 Å². The summed E-state index contributed by atoms with van der Waals surface area (Å²) in [6.45, 7) is 7.32. The minimum Gasteiger partial charge on any atom is -0.462 e. The number of rotatable bonds is 78. The van der Waals surface area contributed by atoms with Crippen molar-refractivity contribution in [2.45, 2.75) is 432 Å². The summed E-state index contributed by atoms with van der Waals surface area (Å²) in [5.41, 5.74) is 0. The van der Waals surface area contributed by atoms with Crippen LogP contribution in [-0.4, -0.2) is 96.7 Å². The van der Waals surface area contributed by atoms with Crippen LogP contribution < -0.4 is 0 Å². The number of phosphoric ester groups is 2. The summed E-state index contributed by atoms with van der Waals surface area (Å²) < 4.78 is 68.6.